The van der Waals surface area contributed by atoms with Gasteiger partial charge in [0.2, 0.25) is 0 Å². The molecule has 94 valence electrons. The van der Waals surface area contributed by atoms with Gasteiger partial charge in [-0.15, -0.1) is 0 Å². The van der Waals surface area contributed by atoms with E-state index in [1.165, 1.54) is 6.92 Å². The van der Waals surface area contributed by atoms with Gasteiger partial charge in [-0.2, -0.15) is 0 Å². The number of carbonyl (C=O) groups excluding carboxylic acids is 1. The van der Waals surface area contributed by atoms with Gasteiger partial charge in [0, 0.05) is 12.5 Å². The van der Waals surface area contributed by atoms with Crippen LogP contribution >= 0.6 is 0 Å². The van der Waals surface area contributed by atoms with Crippen LogP contribution in [0.25, 0.3) is 0 Å². The van der Waals surface area contributed by atoms with Crippen molar-refractivity contribution in [1.82, 2.24) is 16.0 Å². The molecule has 0 spiro atoms. The number of hydrogen-bond donors (Lipinski definition) is 4. The number of likely N-dealkylation sites (N-methyl/N-ethyl adjacent to an activating group) is 3. The highest BCUT2D eigenvalue weighted by molar-refractivity contribution is 5.80. The van der Waals surface area contributed by atoms with E-state index in [1.54, 1.807) is 21.1 Å². The summed E-state index contributed by atoms with van der Waals surface area (Å²) in [5, 5.41) is 17.7. The van der Waals surface area contributed by atoms with Crippen LogP contribution in [0, 0.1) is 0 Å². The van der Waals surface area contributed by atoms with E-state index >= 15 is 0 Å². The smallest absolute Gasteiger partial charge is 0.340 e. The third kappa shape index (κ3) is 3.26. The van der Waals surface area contributed by atoms with Gasteiger partial charge < -0.3 is 15.2 Å². The molecule has 0 aliphatic heterocycles. The Morgan fingerprint density at radius 1 is 1.25 bits per heavy atom. The predicted molar refractivity (Wildman–Crippen MR) is 61.2 cm³/mol. The summed E-state index contributed by atoms with van der Waals surface area (Å²) >= 11 is 0. The van der Waals surface area contributed by atoms with Crippen molar-refractivity contribution in [2.75, 3.05) is 21.1 Å². The Morgan fingerprint density at radius 2 is 1.75 bits per heavy atom. The molecule has 0 rings (SSSR count). The molecule has 1 atom stereocenters. The van der Waals surface area contributed by atoms with Crippen molar-refractivity contribution in [2.24, 2.45) is 0 Å². The van der Waals surface area contributed by atoms with E-state index in [2.05, 4.69) is 16.0 Å². The Bertz CT molecular complexity index is 252. The molecule has 0 radical (unpaired) electrons. The van der Waals surface area contributed by atoms with E-state index in [0.717, 1.165) is 0 Å². The standard InChI is InChI=1S/C10H21N3O3/c1-7(14)5-6-8(11-2)10(12-3,13-4)9(15)16/h8,11-13H,5-6H2,1-4H3,(H,15,16). The first-order valence-corrected chi connectivity index (χ1v) is 5.22. The monoisotopic (exact) mass is 231 g/mol. The quantitative estimate of drug-likeness (QED) is 0.407. The molecular formula is C10H21N3O3. The number of carboxylic acids is 1. The molecule has 0 heterocycles. The number of nitrogens with one attached hydrogen (secondary N) is 3. The van der Waals surface area contributed by atoms with Crippen molar-refractivity contribution in [3.63, 3.8) is 0 Å². The van der Waals surface area contributed by atoms with Crippen LogP contribution in [0.15, 0.2) is 0 Å². The lowest BCUT2D eigenvalue weighted by atomic mass is 9.95. The zero-order valence-corrected chi connectivity index (χ0v) is 10.3. The molecule has 1 unspecified atom stereocenters. The van der Waals surface area contributed by atoms with Crippen molar-refractivity contribution in [1.29, 1.82) is 0 Å². The Balaban J connectivity index is 4.84. The normalized spacial score (nSPS) is 13.5. The molecule has 0 aromatic rings. The van der Waals surface area contributed by atoms with Gasteiger partial charge in [0.1, 0.15) is 5.78 Å². The average molecular weight is 231 g/mol. The summed E-state index contributed by atoms with van der Waals surface area (Å²) < 4.78 is 0. The third-order valence-corrected chi connectivity index (χ3v) is 2.78. The minimum Gasteiger partial charge on any atom is -0.479 e. The lowest BCUT2D eigenvalue weighted by Crippen LogP contribution is -2.70. The molecule has 0 bridgehead atoms. The summed E-state index contributed by atoms with van der Waals surface area (Å²) in [6.07, 6.45) is 0.809. The van der Waals surface area contributed by atoms with Gasteiger partial charge >= 0.3 is 5.97 Å². The number of Topliss-reactive ketones (excluding diaryl/α,β-unsaturated/α-hetero) is 1. The van der Waals surface area contributed by atoms with Crippen LogP contribution in [-0.4, -0.2) is 49.7 Å². The summed E-state index contributed by atoms with van der Waals surface area (Å²) in [6.45, 7) is 1.49. The second kappa shape index (κ2) is 6.57. The van der Waals surface area contributed by atoms with Crippen molar-refractivity contribution >= 4 is 11.8 Å². The molecule has 0 amide bonds. The summed E-state index contributed by atoms with van der Waals surface area (Å²) in [4.78, 5) is 22.2. The minimum absolute atomic E-state index is 0.0479. The van der Waals surface area contributed by atoms with E-state index in [0.29, 0.717) is 12.8 Å². The summed E-state index contributed by atoms with van der Waals surface area (Å²) in [5.74, 6) is -0.952. The maximum absolute atomic E-state index is 11.3. The topological polar surface area (TPSA) is 90.5 Å². The number of carboxylic acid groups (broad SMARTS) is 1. The Morgan fingerprint density at radius 3 is 2.00 bits per heavy atom. The molecule has 0 aliphatic rings. The van der Waals surface area contributed by atoms with E-state index in [4.69, 9.17) is 0 Å². The number of rotatable bonds is 8. The first-order chi connectivity index (χ1) is 7.44. The molecule has 6 heteroatoms. The lowest BCUT2D eigenvalue weighted by Gasteiger charge is -2.36. The van der Waals surface area contributed by atoms with Crippen molar-refractivity contribution in [3.05, 3.63) is 0 Å². The highest BCUT2D eigenvalue weighted by Crippen LogP contribution is 2.12. The largest absolute Gasteiger partial charge is 0.479 e. The van der Waals surface area contributed by atoms with Crippen LogP contribution in [0.3, 0.4) is 0 Å². The van der Waals surface area contributed by atoms with Gasteiger partial charge in [-0.05, 0) is 34.5 Å². The van der Waals surface area contributed by atoms with Gasteiger partial charge in [-0.3, -0.25) is 10.6 Å². The van der Waals surface area contributed by atoms with E-state index in [1.807, 2.05) is 0 Å². The number of hydrogen-bond acceptors (Lipinski definition) is 5. The second-order valence-corrected chi connectivity index (χ2v) is 3.70. The number of ketones is 1. The van der Waals surface area contributed by atoms with Gasteiger partial charge in [-0.25, -0.2) is 4.79 Å². The molecule has 0 saturated heterocycles. The molecule has 0 saturated carbocycles. The summed E-state index contributed by atoms with van der Waals surface area (Å²) in [7, 11) is 4.82. The Hall–Kier alpha value is -0.980. The van der Waals surface area contributed by atoms with Crippen LogP contribution in [0.5, 0.6) is 0 Å². The Labute approximate surface area is 95.8 Å². The second-order valence-electron chi connectivity index (χ2n) is 3.70. The highest BCUT2D eigenvalue weighted by atomic mass is 16.4. The number of aliphatic carboxylic acids is 1. The molecule has 16 heavy (non-hydrogen) atoms. The van der Waals surface area contributed by atoms with Gasteiger partial charge in [-0.1, -0.05) is 0 Å². The Kier molecular flexibility index (Phi) is 6.17. The minimum atomic E-state index is -1.26. The van der Waals surface area contributed by atoms with E-state index in [9.17, 15) is 14.7 Å². The van der Waals surface area contributed by atoms with Crippen molar-refractivity contribution < 1.29 is 14.7 Å². The maximum Gasteiger partial charge on any atom is 0.340 e. The molecular weight excluding hydrogens is 210 g/mol. The fourth-order valence-corrected chi connectivity index (χ4v) is 1.76. The van der Waals surface area contributed by atoms with Gasteiger partial charge in [0.05, 0.1) is 0 Å². The zero-order valence-electron chi connectivity index (χ0n) is 10.3. The van der Waals surface area contributed by atoms with Crippen LogP contribution in [0.1, 0.15) is 19.8 Å². The molecule has 0 aliphatic carbocycles. The summed E-state index contributed by atoms with van der Waals surface area (Å²) in [5.41, 5.74) is -1.26. The first kappa shape index (κ1) is 15.0. The highest BCUT2D eigenvalue weighted by Gasteiger charge is 2.42. The maximum atomic E-state index is 11.3. The molecule has 6 nitrogen and oxygen atoms in total. The fourth-order valence-electron chi connectivity index (χ4n) is 1.76. The third-order valence-electron chi connectivity index (χ3n) is 2.78. The average Bonchev–Trinajstić information content (AvgIpc) is 2.23. The molecule has 0 fully saturated rings. The molecule has 0 aromatic carbocycles. The first-order valence-electron chi connectivity index (χ1n) is 5.22. The molecule has 0 aromatic heterocycles. The summed E-state index contributed by atoms with van der Waals surface area (Å²) in [6, 6.07) is -0.371. The SMILES string of the molecule is CNC(CCC(C)=O)C(NC)(NC)C(=O)O. The van der Waals surface area contributed by atoms with Gasteiger partial charge in [0.25, 0.3) is 0 Å². The van der Waals surface area contributed by atoms with E-state index < -0.39 is 11.6 Å². The fraction of sp³-hybridized carbons (Fsp3) is 0.800. The zero-order chi connectivity index (χ0) is 12.8. The van der Waals surface area contributed by atoms with Crippen LogP contribution in [0.4, 0.5) is 0 Å². The van der Waals surface area contributed by atoms with Crippen molar-refractivity contribution in [2.45, 2.75) is 31.5 Å². The molecule has 4 N–H and O–H groups in total. The van der Waals surface area contributed by atoms with Crippen LogP contribution in [-0.2, 0) is 9.59 Å². The van der Waals surface area contributed by atoms with Crippen LogP contribution in [0.2, 0.25) is 0 Å². The lowest BCUT2D eigenvalue weighted by molar-refractivity contribution is -0.148. The predicted octanol–water partition coefficient (Wildman–Crippen LogP) is -0.837. The van der Waals surface area contributed by atoms with E-state index in [-0.39, 0.29) is 11.8 Å². The van der Waals surface area contributed by atoms with Crippen molar-refractivity contribution in [3.8, 4) is 0 Å². The van der Waals surface area contributed by atoms with Crippen LogP contribution < -0.4 is 16.0 Å². The van der Waals surface area contributed by atoms with Gasteiger partial charge in [0.15, 0.2) is 5.66 Å². The number of carbonyl (C=O) groups is 2.